The van der Waals surface area contributed by atoms with Crippen molar-refractivity contribution in [2.24, 2.45) is 0 Å². The maximum atomic E-state index is 12.3. The fourth-order valence-electron chi connectivity index (χ4n) is 2.39. The summed E-state index contributed by atoms with van der Waals surface area (Å²) in [5.41, 5.74) is 1.08. The van der Waals surface area contributed by atoms with Crippen molar-refractivity contribution in [1.82, 2.24) is 0 Å². The van der Waals surface area contributed by atoms with Crippen molar-refractivity contribution in [3.63, 3.8) is 0 Å². The molecule has 0 amide bonds. The van der Waals surface area contributed by atoms with E-state index in [2.05, 4.69) is 0 Å². The van der Waals surface area contributed by atoms with E-state index in [1.54, 1.807) is 18.2 Å². The van der Waals surface area contributed by atoms with E-state index < -0.39 is 5.97 Å². The second-order valence-corrected chi connectivity index (χ2v) is 5.59. The van der Waals surface area contributed by atoms with Crippen LogP contribution in [0.4, 0.5) is 0 Å². The number of fused-ring (bicyclic) bond motifs is 1. The largest absolute Gasteiger partial charge is 0.493 e. The van der Waals surface area contributed by atoms with Crippen molar-refractivity contribution >= 4 is 17.6 Å². The molecule has 3 rings (SSSR count). The first kappa shape index (κ1) is 17.2. The molecule has 1 aliphatic rings. The van der Waals surface area contributed by atoms with E-state index in [4.69, 9.17) is 35.3 Å². The molecule has 0 unspecified atom stereocenters. The number of rotatable bonds is 6. The molecule has 0 bridgehead atoms. The molecule has 6 nitrogen and oxygen atoms in total. The molecule has 1 heterocycles. The topological polar surface area (TPSA) is 63.2 Å². The van der Waals surface area contributed by atoms with Gasteiger partial charge in [-0.1, -0.05) is 17.7 Å². The zero-order valence-corrected chi connectivity index (χ0v) is 14.6. The molecule has 0 N–H and O–H groups in total. The van der Waals surface area contributed by atoms with Crippen molar-refractivity contribution in [2.45, 2.75) is 13.5 Å². The Morgan fingerprint density at radius 1 is 1.20 bits per heavy atom. The van der Waals surface area contributed by atoms with E-state index in [0.717, 1.165) is 5.56 Å². The molecule has 0 aromatic heterocycles. The van der Waals surface area contributed by atoms with Crippen LogP contribution >= 0.6 is 11.6 Å². The number of ether oxygens (including phenoxy) is 5. The summed E-state index contributed by atoms with van der Waals surface area (Å²) in [7, 11) is 1.48. The Morgan fingerprint density at radius 3 is 2.76 bits per heavy atom. The van der Waals surface area contributed by atoms with Gasteiger partial charge in [0.2, 0.25) is 6.79 Å². The van der Waals surface area contributed by atoms with E-state index in [1.807, 2.05) is 13.0 Å². The van der Waals surface area contributed by atoms with Gasteiger partial charge in [-0.15, -0.1) is 0 Å². The lowest BCUT2D eigenvalue weighted by Crippen LogP contribution is -2.07. The van der Waals surface area contributed by atoms with Gasteiger partial charge in [0.25, 0.3) is 0 Å². The minimum Gasteiger partial charge on any atom is -0.493 e. The summed E-state index contributed by atoms with van der Waals surface area (Å²) >= 11 is 6.17. The fourth-order valence-corrected chi connectivity index (χ4v) is 2.65. The predicted molar refractivity (Wildman–Crippen MR) is 90.9 cm³/mol. The molecule has 0 saturated carbocycles. The lowest BCUT2D eigenvalue weighted by Gasteiger charge is -2.13. The summed E-state index contributed by atoms with van der Waals surface area (Å²) in [5, 5.41) is 0.288. The smallest absolute Gasteiger partial charge is 0.338 e. The quantitative estimate of drug-likeness (QED) is 0.726. The van der Waals surface area contributed by atoms with Gasteiger partial charge in [0.15, 0.2) is 23.0 Å². The number of hydrogen-bond donors (Lipinski definition) is 0. The zero-order valence-electron chi connectivity index (χ0n) is 13.8. The molecule has 132 valence electrons. The number of benzene rings is 2. The first-order valence-corrected chi connectivity index (χ1v) is 8.06. The first-order chi connectivity index (χ1) is 12.1. The van der Waals surface area contributed by atoms with Crippen LogP contribution in [0.15, 0.2) is 30.3 Å². The highest BCUT2D eigenvalue weighted by atomic mass is 35.5. The van der Waals surface area contributed by atoms with Gasteiger partial charge in [0.1, 0.15) is 6.61 Å². The maximum Gasteiger partial charge on any atom is 0.338 e. The van der Waals surface area contributed by atoms with Gasteiger partial charge in [-0.3, -0.25) is 0 Å². The molecule has 2 aromatic carbocycles. The highest BCUT2D eigenvalue weighted by Crippen LogP contribution is 2.37. The van der Waals surface area contributed by atoms with E-state index in [-0.39, 0.29) is 24.0 Å². The van der Waals surface area contributed by atoms with Gasteiger partial charge in [0.05, 0.1) is 24.3 Å². The minimum absolute atomic E-state index is 0.0998. The molecule has 0 saturated heterocycles. The van der Waals surface area contributed by atoms with Crippen LogP contribution in [0.5, 0.6) is 23.0 Å². The van der Waals surface area contributed by atoms with E-state index in [1.165, 1.54) is 13.2 Å². The van der Waals surface area contributed by atoms with E-state index >= 15 is 0 Å². The van der Waals surface area contributed by atoms with Gasteiger partial charge in [0, 0.05) is 0 Å². The van der Waals surface area contributed by atoms with Gasteiger partial charge in [-0.25, -0.2) is 4.79 Å². The Morgan fingerprint density at radius 2 is 2.00 bits per heavy atom. The normalized spacial score (nSPS) is 12.0. The second kappa shape index (κ2) is 7.53. The predicted octanol–water partition coefficient (Wildman–Crippen LogP) is 3.83. The average Bonchev–Trinajstić information content (AvgIpc) is 3.09. The van der Waals surface area contributed by atoms with Crippen molar-refractivity contribution in [2.75, 3.05) is 20.5 Å². The van der Waals surface area contributed by atoms with Gasteiger partial charge in [-0.2, -0.15) is 0 Å². The summed E-state index contributed by atoms with van der Waals surface area (Å²) in [6.07, 6.45) is 0. The molecule has 1 aliphatic heterocycles. The lowest BCUT2D eigenvalue weighted by atomic mass is 10.2. The lowest BCUT2D eigenvalue weighted by molar-refractivity contribution is 0.0472. The Bertz CT molecular complexity index is 789. The number of carbonyl (C=O) groups is 1. The molecule has 0 radical (unpaired) electrons. The number of esters is 1. The van der Waals surface area contributed by atoms with E-state index in [0.29, 0.717) is 29.6 Å². The van der Waals surface area contributed by atoms with Crippen LogP contribution < -0.4 is 18.9 Å². The Balaban J connectivity index is 1.71. The first-order valence-electron chi connectivity index (χ1n) is 7.68. The number of methoxy groups -OCH3 is 1. The van der Waals surface area contributed by atoms with Crippen LogP contribution in [0.2, 0.25) is 5.02 Å². The van der Waals surface area contributed by atoms with Gasteiger partial charge in [-0.05, 0) is 36.8 Å². The Hall–Kier alpha value is -2.60. The third kappa shape index (κ3) is 3.74. The average molecular weight is 365 g/mol. The summed E-state index contributed by atoms with van der Waals surface area (Å²) in [6.45, 7) is 2.57. The molecule has 0 spiro atoms. The highest BCUT2D eigenvalue weighted by molar-refractivity contribution is 6.32. The minimum atomic E-state index is -0.513. The molecule has 0 fully saturated rings. The Labute approximate surface area is 150 Å². The number of hydrogen-bond acceptors (Lipinski definition) is 6. The summed E-state index contributed by atoms with van der Waals surface area (Å²) < 4.78 is 26.6. The third-order valence-corrected chi connectivity index (χ3v) is 3.84. The van der Waals surface area contributed by atoms with Crippen molar-refractivity contribution < 1.29 is 28.5 Å². The van der Waals surface area contributed by atoms with Crippen LogP contribution in [-0.2, 0) is 11.3 Å². The fraction of sp³-hybridized carbons (Fsp3) is 0.278. The van der Waals surface area contributed by atoms with Crippen LogP contribution in [0, 0.1) is 0 Å². The zero-order chi connectivity index (χ0) is 17.8. The van der Waals surface area contributed by atoms with Crippen molar-refractivity contribution in [3.8, 4) is 23.0 Å². The monoisotopic (exact) mass is 364 g/mol. The summed E-state index contributed by atoms with van der Waals surface area (Å²) in [4.78, 5) is 12.3. The SMILES string of the molecule is CCOc1c(Cl)cc(C(=O)OCc2ccc3c(c2)OCO3)cc1OC. The second-order valence-electron chi connectivity index (χ2n) is 5.19. The van der Waals surface area contributed by atoms with Crippen LogP contribution in [0.1, 0.15) is 22.8 Å². The number of halogens is 1. The van der Waals surface area contributed by atoms with E-state index in [9.17, 15) is 4.79 Å². The molecular formula is C18H17ClO6. The summed E-state index contributed by atoms with van der Waals surface area (Å²) in [6, 6.07) is 8.41. The van der Waals surface area contributed by atoms with Crippen molar-refractivity contribution in [3.05, 3.63) is 46.5 Å². The Kier molecular flexibility index (Phi) is 5.19. The highest BCUT2D eigenvalue weighted by Gasteiger charge is 2.18. The summed E-state index contributed by atoms with van der Waals surface area (Å²) in [5.74, 6) is 1.58. The number of carbonyl (C=O) groups excluding carboxylic acids is 1. The molecule has 0 atom stereocenters. The maximum absolute atomic E-state index is 12.3. The van der Waals surface area contributed by atoms with Crippen LogP contribution in [0.25, 0.3) is 0 Å². The molecule has 0 aliphatic carbocycles. The molecule has 2 aromatic rings. The molecule has 7 heteroatoms. The van der Waals surface area contributed by atoms with Crippen LogP contribution in [-0.4, -0.2) is 26.5 Å². The third-order valence-electron chi connectivity index (χ3n) is 3.56. The van der Waals surface area contributed by atoms with Gasteiger partial charge < -0.3 is 23.7 Å². The molecule has 25 heavy (non-hydrogen) atoms. The standard InChI is InChI=1S/C18H17ClO6/c1-3-22-17-13(19)7-12(8-16(17)21-2)18(20)23-9-11-4-5-14-15(6-11)25-10-24-14/h4-8H,3,9-10H2,1-2H3. The van der Waals surface area contributed by atoms with Crippen molar-refractivity contribution in [1.29, 1.82) is 0 Å². The van der Waals surface area contributed by atoms with Gasteiger partial charge >= 0.3 is 5.97 Å². The van der Waals surface area contributed by atoms with Crippen LogP contribution in [0.3, 0.4) is 0 Å². The molecular weight excluding hydrogens is 348 g/mol.